The van der Waals surface area contributed by atoms with Crippen LogP contribution in [0.4, 0.5) is 32.2 Å². The number of nitrogens with one attached hydrogen (secondary N) is 1. The quantitative estimate of drug-likeness (QED) is 0.215. The fourth-order valence-electron chi connectivity index (χ4n) is 4.45. The minimum Gasteiger partial charge on any atom is -0.406 e. The van der Waals surface area contributed by atoms with Crippen LogP contribution in [0.25, 0.3) is 11.2 Å². The van der Waals surface area contributed by atoms with Gasteiger partial charge in [0.1, 0.15) is 29.5 Å². The molecule has 1 atom stereocenters. The first-order valence-electron chi connectivity index (χ1n) is 12.9. The molecule has 0 bridgehead atoms. The van der Waals surface area contributed by atoms with Crippen molar-refractivity contribution in [3.63, 3.8) is 0 Å². The highest BCUT2D eigenvalue weighted by Crippen LogP contribution is 2.36. The highest BCUT2D eigenvalue weighted by atomic mass is 32.2. The van der Waals surface area contributed by atoms with Gasteiger partial charge in [-0.15, -0.1) is 13.2 Å². The lowest BCUT2D eigenvalue weighted by molar-refractivity contribution is -0.274. The van der Waals surface area contributed by atoms with Crippen molar-refractivity contribution >= 4 is 44.7 Å². The molecule has 2 aromatic heterocycles. The summed E-state index contributed by atoms with van der Waals surface area (Å²) in [5.41, 5.74) is -3.33. The summed E-state index contributed by atoms with van der Waals surface area (Å²) in [6.07, 6.45) is -0.819. The summed E-state index contributed by atoms with van der Waals surface area (Å²) in [4.78, 5) is 31.3. The Morgan fingerprint density at radius 1 is 0.978 bits per heavy atom. The van der Waals surface area contributed by atoms with E-state index in [-0.39, 0.29) is 53.4 Å². The number of sulfonamides is 1. The molecule has 3 heterocycles. The Bertz CT molecular complexity index is 1780. The molecule has 1 aliphatic heterocycles. The number of rotatable bonds is 8. The zero-order chi connectivity index (χ0) is 32.4. The van der Waals surface area contributed by atoms with Crippen LogP contribution in [0, 0.1) is 0 Å². The van der Waals surface area contributed by atoms with Gasteiger partial charge in [-0.3, -0.25) is 4.79 Å². The fourth-order valence-corrected chi connectivity index (χ4v) is 6.56. The maximum absolute atomic E-state index is 13.7. The molecule has 0 spiro atoms. The van der Waals surface area contributed by atoms with Gasteiger partial charge in [0, 0.05) is 31.1 Å². The molecule has 0 radical (unpaired) electrons. The number of ether oxygens (including phenoxy) is 1. The first-order valence-corrected chi connectivity index (χ1v) is 15.1. The zero-order valence-corrected chi connectivity index (χ0v) is 24.3. The number of thioether (sulfide) groups is 1. The van der Waals surface area contributed by atoms with E-state index < -0.39 is 39.6 Å². The van der Waals surface area contributed by atoms with Crippen LogP contribution < -0.4 is 15.0 Å². The lowest BCUT2D eigenvalue weighted by Crippen LogP contribution is -2.60. The highest BCUT2D eigenvalue weighted by molar-refractivity contribution is 8.00. The highest BCUT2D eigenvalue weighted by Gasteiger charge is 2.41. The average molecular weight is 674 g/mol. The van der Waals surface area contributed by atoms with Crippen molar-refractivity contribution in [1.29, 1.82) is 0 Å². The van der Waals surface area contributed by atoms with Crippen molar-refractivity contribution in [2.24, 2.45) is 0 Å². The number of benzene rings is 2. The van der Waals surface area contributed by atoms with Gasteiger partial charge in [0.05, 0.1) is 17.3 Å². The molecule has 2 aromatic carbocycles. The van der Waals surface area contributed by atoms with Gasteiger partial charge in [-0.05, 0) is 53.7 Å². The SMILES string of the molecule is O=C(NCc1ccc(SC(F)(F)F)cc1)[C@H]1CN(c2cnc3cncnc3n2)CCN1S(=O)(=O)c1ccc(OC(F)(F)F)cc1. The van der Waals surface area contributed by atoms with Gasteiger partial charge < -0.3 is 15.0 Å². The minimum atomic E-state index is -4.98. The van der Waals surface area contributed by atoms with Gasteiger partial charge in [-0.25, -0.2) is 28.4 Å². The van der Waals surface area contributed by atoms with Gasteiger partial charge in [-0.1, -0.05) is 12.1 Å². The number of hydrogen-bond donors (Lipinski definition) is 1. The Labute approximate surface area is 255 Å². The van der Waals surface area contributed by atoms with Crippen LogP contribution in [0.2, 0.25) is 0 Å². The van der Waals surface area contributed by atoms with Crippen molar-refractivity contribution in [2.45, 2.75) is 34.2 Å². The van der Waals surface area contributed by atoms with Crippen LogP contribution in [0.5, 0.6) is 5.75 Å². The van der Waals surface area contributed by atoms with Crippen LogP contribution in [0.15, 0.2) is 77.0 Å². The second-order valence-corrected chi connectivity index (χ2v) is 12.5. The normalized spacial score (nSPS) is 16.5. The van der Waals surface area contributed by atoms with E-state index in [0.29, 0.717) is 16.9 Å². The Balaban J connectivity index is 1.38. The van der Waals surface area contributed by atoms with E-state index in [9.17, 15) is 39.6 Å². The van der Waals surface area contributed by atoms with E-state index in [1.54, 1.807) is 4.90 Å². The number of alkyl halides is 6. The molecule has 5 rings (SSSR count). The summed E-state index contributed by atoms with van der Waals surface area (Å²) in [6, 6.07) is 7.50. The molecular weight excluding hydrogens is 652 g/mol. The number of anilines is 1. The third-order valence-corrected chi connectivity index (χ3v) is 9.12. The van der Waals surface area contributed by atoms with Crippen LogP contribution in [0.1, 0.15) is 5.56 Å². The Hall–Kier alpha value is -4.23. The van der Waals surface area contributed by atoms with E-state index >= 15 is 0 Å². The summed E-state index contributed by atoms with van der Waals surface area (Å²) in [5.74, 6) is -1.05. The number of amides is 1. The minimum absolute atomic E-state index is 0.0498. The number of fused-ring (bicyclic) bond motifs is 1. The second-order valence-electron chi connectivity index (χ2n) is 9.47. The van der Waals surface area contributed by atoms with Crippen molar-refractivity contribution in [2.75, 3.05) is 24.5 Å². The van der Waals surface area contributed by atoms with Crippen molar-refractivity contribution in [1.82, 2.24) is 29.6 Å². The van der Waals surface area contributed by atoms with E-state index in [4.69, 9.17) is 0 Å². The third kappa shape index (κ3) is 8.08. The number of piperazine rings is 1. The molecule has 0 unspecified atom stereocenters. The molecule has 11 nitrogen and oxygen atoms in total. The molecular formula is C26H21F6N7O4S2. The second kappa shape index (κ2) is 12.6. The number of carbonyl (C=O) groups is 1. The number of halogens is 6. The predicted molar refractivity (Wildman–Crippen MR) is 148 cm³/mol. The largest absolute Gasteiger partial charge is 0.573 e. The smallest absolute Gasteiger partial charge is 0.406 e. The summed E-state index contributed by atoms with van der Waals surface area (Å²) in [7, 11) is -4.42. The van der Waals surface area contributed by atoms with E-state index in [1.807, 2.05) is 0 Å². The number of aromatic nitrogens is 4. The summed E-state index contributed by atoms with van der Waals surface area (Å²) < 4.78 is 108. The molecule has 1 saturated heterocycles. The Morgan fingerprint density at radius 3 is 2.36 bits per heavy atom. The first kappa shape index (κ1) is 32.2. The predicted octanol–water partition coefficient (Wildman–Crippen LogP) is 4.13. The average Bonchev–Trinajstić information content (AvgIpc) is 2.98. The van der Waals surface area contributed by atoms with Gasteiger partial charge >= 0.3 is 11.9 Å². The molecule has 0 saturated carbocycles. The molecule has 1 fully saturated rings. The van der Waals surface area contributed by atoms with Crippen LogP contribution in [0.3, 0.4) is 0 Å². The summed E-state index contributed by atoms with van der Waals surface area (Å²) >= 11 is -0.289. The van der Waals surface area contributed by atoms with Gasteiger partial charge in [0.25, 0.3) is 0 Å². The Morgan fingerprint density at radius 2 is 1.69 bits per heavy atom. The maximum atomic E-state index is 13.7. The third-order valence-electron chi connectivity index (χ3n) is 6.46. The number of nitrogens with zero attached hydrogens (tertiary/aromatic N) is 6. The first-order chi connectivity index (χ1) is 21.2. The monoisotopic (exact) mass is 673 g/mol. The number of hydrogen-bond acceptors (Lipinski definition) is 10. The maximum Gasteiger partial charge on any atom is 0.573 e. The molecule has 19 heteroatoms. The van der Waals surface area contributed by atoms with E-state index in [1.165, 1.54) is 43.0 Å². The van der Waals surface area contributed by atoms with Crippen LogP contribution in [-0.4, -0.2) is 76.1 Å². The molecule has 4 aromatic rings. The van der Waals surface area contributed by atoms with Gasteiger partial charge in [-0.2, -0.15) is 17.5 Å². The standard InChI is InChI=1S/C26H21F6N7O4S2/c27-25(28,29)43-17-3-7-19(8-4-17)45(41,42)39-10-9-38(22-13-34-20-12-33-15-36-23(20)37-22)14-21(39)24(40)35-11-16-1-5-18(6-2-16)44-26(30,31)32/h1-8,12-13,15,21H,9-11,14H2,(H,35,40)/t21-/m1/s1. The van der Waals surface area contributed by atoms with Crippen LogP contribution >= 0.6 is 11.8 Å². The topological polar surface area (TPSA) is 131 Å². The fraction of sp³-hybridized carbons (Fsp3) is 0.269. The Kier molecular flexibility index (Phi) is 9.04. The van der Waals surface area contributed by atoms with E-state index in [0.717, 1.165) is 28.6 Å². The van der Waals surface area contributed by atoms with Gasteiger partial charge in [0.2, 0.25) is 15.9 Å². The molecule has 1 amide bonds. The van der Waals surface area contributed by atoms with Gasteiger partial charge in [0.15, 0.2) is 5.65 Å². The van der Waals surface area contributed by atoms with Crippen molar-refractivity contribution in [3.8, 4) is 5.75 Å². The van der Waals surface area contributed by atoms with Crippen molar-refractivity contribution in [3.05, 3.63) is 72.8 Å². The van der Waals surface area contributed by atoms with Crippen LogP contribution in [-0.2, 0) is 21.4 Å². The summed E-state index contributed by atoms with van der Waals surface area (Å²) in [5, 5.41) is 2.62. The zero-order valence-electron chi connectivity index (χ0n) is 22.7. The number of carbonyl (C=O) groups excluding carboxylic acids is 1. The molecule has 1 aliphatic rings. The lowest BCUT2D eigenvalue weighted by atomic mass is 10.1. The lowest BCUT2D eigenvalue weighted by Gasteiger charge is -2.40. The van der Waals surface area contributed by atoms with Crippen molar-refractivity contribution < 1.29 is 44.3 Å². The molecule has 45 heavy (non-hydrogen) atoms. The van der Waals surface area contributed by atoms with E-state index in [2.05, 4.69) is 30.0 Å². The molecule has 238 valence electrons. The molecule has 0 aliphatic carbocycles. The molecule has 1 N–H and O–H groups in total. The summed E-state index contributed by atoms with van der Waals surface area (Å²) in [6.45, 7) is -0.459.